The van der Waals surface area contributed by atoms with Crippen molar-refractivity contribution < 1.29 is 13.9 Å². The summed E-state index contributed by atoms with van der Waals surface area (Å²) >= 11 is 12.9. The van der Waals surface area contributed by atoms with Crippen molar-refractivity contribution in [1.82, 2.24) is 0 Å². The number of amides is 1. The number of anilines is 1. The zero-order chi connectivity index (χ0) is 20.4. The molecule has 146 valence electrons. The van der Waals surface area contributed by atoms with E-state index < -0.39 is 0 Å². The first-order valence-corrected chi connectivity index (χ1v) is 10.5. The molecule has 1 fully saturated rings. The maximum atomic E-state index is 12.9. The predicted octanol–water partition coefficient (Wildman–Crippen LogP) is 6.40. The van der Waals surface area contributed by atoms with E-state index in [4.69, 9.17) is 33.0 Å². The molecule has 29 heavy (non-hydrogen) atoms. The maximum absolute atomic E-state index is 12.9. The molecule has 0 atom stereocenters. The van der Waals surface area contributed by atoms with Crippen molar-refractivity contribution in [1.29, 1.82) is 0 Å². The van der Waals surface area contributed by atoms with Crippen molar-refractivity contribution in [2.75, 3.05) is 11.5 Å². The molecule has 2 aromatic carbocycles. The Morgan fingerprint density at radius 3 is 2.62 bits per heavy atom. The number of benzene rings is 2. The number of thiocarbonyl (C=S) groups is 1. The van der Waals surface area contributed by atoms with Gasteiger partial charge in [0.1, 0.15) is 17.3 Å². The zero-order valence-electron chi connectivity index (χ0n) is 15.4. The van der Waals surface area contributed by atoms with Gasteiger partial charge in [0.05, 0.1) is 22.2 Å². The molecule has 4 rings (SSSR count). The lowest BCUT2D eigenvalue weighted by Gasteiger charge is -2.15. The normalized spacial score (nSPS) is 15.4. The molecule has 0 bridgehead atoms. The molecule has 0 unspecified atom stereocenters. The average Bonchev–Trinajstić information content (AvgIpc) is 3.28. The van der Waals surface area contributed by atoms with Crippen molar-refractivity contribution in [3.05, 3.63) is 76.4 Å². The third-order valence-corrected chi connectivity index (χ3v) is 5.87. The van der Waals surface area contributed by atoms with Crippen LogP contribution >= 0.6 is 35.6 Å². The first kappa shape index (κ1) is 19.8. The van der Waals surface area contributed by atoms with Crippen LogP contribution in [0.15, 0.2) is 70.0 Å². The lowest BCUT2D eigenvalue weighted by Crippen LogP contribution is -2.27. The maximum Gasteiger partial charge on any atom is 0.270 e. The summed E-state index contributed by atoms with van der Waals surface area (Å²) in [5.74, 6) is 1.77. The molecular weight excluding hydrogens is 426 g/mol. The molecule has 1 amide bonds. The minimum absolute atomic E-state index is 0.181. The molecule has 0 saturated carbocycles. The molecule has 0 radical (unpaired) electrons. The number of thioether (sulfide) groups is 1. The van der Waals surface area contributed by atoms with E-state index >= 15 is 0 Å². The van der Waals surface area contributed by atoms with E-state index in [2.05, 4.69) is 0 Å². The van der Waals surface area contributed by atoms with Crippen LogP contribution in [0, 0.1) is 0 Å². The fraction of sp³-hybridized carbons (Fsp3) is 0.0909. The lowest BCUT2D eigenvalue weighted by molar-refractivity contribution is -0.113. The number of hydrogen-bond acceptors (Lipinski definition) is 5. The Balaban J connectivity index is 1.57. The van der Waals surface area contributed by atoms with Crippen molar-refractivity contribution in [2.45, 2.75) is 6.92 Å². The minimum atomic E-state index is -0.181. The quantitative estimate of drug-likeness (QED) is 0.338. The van der Waals surface area contributed by atoms with Crippen LogP contribution in [0.4, 0.5) is 5.69 Å². The van der Waals surface area contributed by atoms with Gasteiger partial charge in [-0.3, -0.25) is 9.69 Å². The Kier molecular flexibility index (Phi) is 5.76. The first-order valence-electron chi connectivity index (χ1n) is 8.92. The summed E-state index contributed by atoms with van der Waals surface area (Å²) in [6.45, 7) is 2.51. The highest BCUT2D eigenvalue weighted by Crippen LogP contribution is 2.37. The SMILES string of the molecule is CCOc1ccc(N2C(=O)/C(=C\c3ccc(-c4ccccc4Cl)o3)SC2=S)cc1. The summed E-state index contributed by atoms with van der Waals surface area (Å²) in [4.78, 5) is 14.9. The van der Waals surface area contributed by atoms with Gasteiger partial charge in [-0.15, -0.1) is 0 Å². The number of ether oxygens (including phenoxy) is 1. The third-order valence-electron chi connectivity index (χ3n) is 4.24. The van der Waals surface area contributed by atoms with Gasteiger partial charge >= 0.3 is 0 Å². The number of hydrogen-bond donors (Lipinski definition) is 0. The molecule has 1 saturated heterocycles. The highest BCUT2D eigenvalue weighted by molar-refractivity contribution is 8.27. The van der Waals surface area contributed by atoms with Crippen LogP contribution in [-0.4, -0.2) is 16.8 Å². The van der Waals surface area contributed by atoms with Crippen molar-refractivity contribution in [3.8, 4) is 17.1 Å². The number of nitrogens with zero attached hydrogens (tertiary/aromatic N) is 1. The molecule has 1 aliphatic heterocycles. The molecule has 2 heterocycles. The fourth-order valence-electron chi connectivity index (χ4n) is 2.91. The van der Waals surface area contributed by atoms with Gasteiger partial charge in [-0.1, -0.05) is 47.7 Å². The summed E-state index contributed by atoms with van der Waals surface area (Å²) in [6.07, 6.45) is 1.70. The van der Waals surface area contributed by atoms with Gasteiger partial charge in [0.2, 0.25) is 0 Å². The van der Waals surface area contributed by atoms with Gasteiger partial charge in [0, 0.05) is 11.6 Å². The number of carbonyl (C=O) groups is 1. The molecule has 0 N–H and O–H groups in total. The van der Waals surface area contributed by atoms with E-state index in [1.54, 1.807) is 12.1 Å². The molecule has 0 spiro atoms. The Labute approximate surface area is 183 Å². The van der Waals surface area contributed by atoms with Gasteiger partial charge in [-0.05, 0) is 55.5 Å². The topological polar surface area (TPSA) is 42.7 Å². The van der Waals surface area contributed by atoms with Crippen LogP contribution in [0.5, 0.6) is 5.75 Å². The summed E-state index contributed by atoms with van der Waals surface area (Å²) in [6, 6.07) is 18.4. The van der Waals surface area contributed by atoms with E-state index in [0.717, 1.165) is 11.3 Å². The van der Waals surface area contributed by atoms with Gasteiger partial charge in [-0.2, -0.15) is 0 Å². The molecule has 1 aliphatic rings. The Bertz CT molecular complexity index is 1110. The Hall–Kier alpha value is -2.54. The summed E-state index contributed by atoms with van der Waals surface area (Å²) in [5, 5.41) is 0.607. The fourth-order valence-corrected chi connectivity index (χ4v) is 4.42. The van der Waals surface area contributed by atoms with Crippen LogP contribution in [0.25, 0.3) is 17.4 Å². The smallest absolute Gasteiger partial charge is 0.270 e. The van der Waals surface area contributed by atoms with Gasteiger partial charge in [-0.25, -0.2) is 0 Å². The van der Waals surface area contributed by atoms with E-state index in [0.29, 0.717) is 38.1 Å². The lowest BCUT2D eigenvalue weighted by atomic mass is 10.2. The number of halogens is 1. The second kappa shape index (κ2) is 8.45. The molecular formula is C22H16ClNO3S2. The molecule has 0 aliphatic carbocycles. The van der Waals surface area contributed by atoms with Crippen LogP contribution in [0.3, 0.4) is 0 Å². The summed E-state index contributed by atoms with van der Waals surface area (Å²) < 4.78 is 11.8. The van der Waals surface area contributed by atoms with E-state index in [-0.39, 0.29) is 5.91 Å². The second-order valence-corrected chi connectivity index (χ2v) is 8.21. The van der Waals surface area contributed by atoms with E-state index in [1.165, 1.54) is 16.7 Å². The van der Waals surface area contributed by atoms with Crippen LogP contribution in [0.2, 0.25) is 5.02 Å². The summed E-state index contributed by atoms with van der Waals surface area (Å²) in [5.41, 5.74) is 1.51. The van der Waals surface area contributed by atoms with E-state index in [1.807, 2.05) is 61.5 Å². The standard InChI is InChI=1S/C22H16ClNO3S2/c1-2-26-15-9-7-14(8-10-15)24-21(25)20(29-22(24)28)13-16-11-12-19(27-16)17-5-3-4-6-18(17)23/h3-13H,2H2,1H3/b20-13+. The third kappa shape index (κ3) is 4.10. The zero-order valence-corrected chi connectivity index (χ0v) is 17.8. The molecule has 1 aromatic heterocycles. The van der Waals surface area contributed by atoms with Gasteiger partial charge in [0.15, 0.2) is 4.32 Å². The monoisotopic (exact) mass is 441 g/mol. The molecule has 4 nitrogen and oxygen atoms in total. The number of furan rings is 1. The summed E-state index contributed by atoms with van der Waals surface area (Å²) in [7, 11) is 0. The van der Waals surface area contributed by atoms with E-state index in [9.17, 15) is 4.79 Å². The largest absolute Gasteiger partial charge is 0.494 e. The Morgan fingerprint density at radius 2 is 1.90 bits per heavy atom. The minimum Gasteiger partial charge on any atom is -0.494 e. The van der Waals surface area contributed by atoms with Crippen molar-refractivity contribution in [2.24, 2.45) is 0 Å². The first-order chi connectivity index (χ1) is 14.1. The molecule has 7 heteroatoms. The van der Waals surface area contributed by atoms with Gasteiger partial charge in [0.25, 0.3) is 5.91 Å². The highest BCUT2D eigenvalue weighted by atomic mass is 35.5. The van der Waals surface area contributed by atoms with Crippen LogP contribution in [-0.2, 0) is 4.79 Å². The number of carbonyl (C=O) groups excluding carboxylic acids is 1. The van der Waals surface area contributed by atoms with Crippen molar-refractivity contribution >= 4 is 57.6 Å². The van der Waals surface area contributed by atoms with Crippen LogP contribution < -0.4 is 9.64 Å². The average molecular weight is 442 g/mol. The van der Waals surface area contributed by atoms with Crippen molar-refractivity contribution in [3.63, 3.8) is 0 Å². The molecule has 3 aromatic rings. The number of rotatable bonds is 5. The van der Waals surface area contributed by atoms with Crippen LogP contribution in [0.1, 0.15) is 12.7 Å². The second-order valence-electron chi connectivity index (χ2n) is 6.13. The van der Waals surface area contributed by atoms with Gasteiger partial charge < -0.3 is 9.15 Å². The Morgan fingerprint density at radius 1 is 1.14 bits per heavy atom. The predicted molar refractivity (Wildman–Crippen MR) is 122 cm³/mol. The highest BCUT2D eigenvalue weighted by Gasteiger charge is 2.33.